The second-order valence-corrected chi connectivity index (χ2v) is 17.8. The Balaban J connectivity index is 1.51. The number of carbonyl (C=O) groups is 2. The molecular formula is C36H51N5O4Si2. The van der Waals surface area contributed by atoms with Crippen LogP contribution in [0, 0.1) is 5.41 Å². The van der Waals surface area contributed by atoms with E-state index in [4.69, 9.17) is 14.5 Å². The number of methoxy groups -OCH3 is 1. The third-order valence-electron chi connectivity index (χ3n) is 10.3. The fraction of sp³-hybridized carbons (Fsp3) is 0.528. The first-order chi connectivity index (χ1) is 22.4. The van der Waals surface area contributed by atoms with E-state index in [9.17, 15) is 9.59 Å². The number of fused-ring (bicyclic) bond motifs is 6. The minimum absolute atomic E-state index is 0.0573. The molecule has 3 aliphatic rings. The van der Waals surface area contributed by atoms with Gasteiger partial charge in [-0.2, -0.15) is 0 Å². The summed E-state index contributed by atoms with van der Waals surface area (Å²) in [6.45, 7) is 12.8. The van der Waals surface area contributed by atoms with Crippen LogP contribution < -0.4 is 5.43 Å². The van der Waals surface area contributed by atoms with Gasteiger partial charge >= 0.3 is 5.97 Å². The number of pyridine rings is 1. The number of nitrogens with one attached hydrogen (secondary N) is 1. The van der Waals surface area contributed by atoms with Crippen molar-refractivity contribution >= 4 is 48.8 Å². The number of rotatable bonds is 4. The summed E-state index contributed by atoms with van der Waals surface area (Å²) in [5.74, 6) is -0.132. The van der Waals surface area contributed by atoms with Crippen molar-refractivity contribution in [2.75, 3.05) is 39.9 Å². The molecule has 2 aromatic heterocycles. The normalized spacial score (nSPS) is 26.1. The maximum atomic E-state index is 13.8. The fourth-order valence-electron chi connectivity index (χ4n) is 7.66. The summed E-state index contributed by atoms with van der Waals surface area (Å²) < 4.78 is 14.4. The molecule has 6 bridgehead atoms. The van der Waals surface area contributed by atoms with Crippen molar-refractivity contribution in [1.82, 2.24) is 24.9 Å². The van der Waals surface area contributed by atoms with Crippen molar-refractivity contribution in [2.45, 2.75) is 76.7 Å². The Morgan fingerprint density at radius 2 is 2.02 bits per heavy atom. The number of hydrazine groups is 1. The molecule has 1 amide bonds. The Labute approximate surface area is 284 Å². The molecule has 3 aromatic rings. The summed E-state index contributed by atoms with van der Waals surface area (Å²) in [5, 5.41) is 2.14. The van der Waals surface area contributed by atoms with E-state index in [-0.39, 0.29) is 35.5 Å². The third-order valence-corrected chi connectivity index (χ3v) is 12.3. The van der Waals surface area contributed by atoms with Crippen molar-refractivity contribution in [3.8, 4) is 11.3 Å². The number of cyclic esters (lactones) is 1. The standard InChI is InChI=1S/C36H51N5O4Si2/c1-6-40-29-13-12-24-18-27(29)28(32(40)26-11-7-15-37-31(26)23(2)44-5)19-35(3,4)22-45-34(43)36(47)14-9-17-41(38-36)33(42)30(46)21-39-16-8-10-25(24)20-39/h7,10-13,15,18,23,30,38H,6,8-9,14,16-17,19-22H2,1-5,46-47H3/t23-,30-,36-/m0/s1. The van der Waals surface area contributed by atoms with E-state index in [0.717, 1.165) is 66.2 Å². The van der Waals surface area contributed by atoms with Gasteiger partial charge in [0.15, 0.2) is 0 Å². The molecule has 0 saturated carbocycles. The Bertz CT molecular complexity index is 1700. The van der Waals surface area contributed by atoms with Crippen molar-refractivity contribution in [1.29, 1.82) is 0 Å². The van der Waals surface area contributed by atoms with E-state index >= 15 is 0 Å². The van der Waals surface area contributed by atoms with Crippen LogP contribution >= 0.6 is 0 Å². The maximum Gasteiger partial charge on any atom is 0.323 e. The molecule has 9 nitrogen and oxygen atoms in total. The van der Waals surface area contributed by atoms with Crippen LogP contribution in [0.25, 0.3) is 27.7 Å². The highest BCUT2D eigenvalue weighted by Gasteiger charge is 2.42. The summed E-state index contributed by atoms with van der Waals surface area (Å²) in [5.41, 5.74) is 11.1. The van der Waals surface area contributed by atoms with Gasteiger partial charge in [0, 0.05) is 93.9 Å². The molecule has 6 rings (SSSR count). The van der Waals surface area contributed by atoms with Gasteiger partial charge in [-0.3, -0.25) is 24.5 Å². The number of hydrogen-bond acceptors (Lipinski definition) is 7. The predicted molar refractivity (Wildman–Crippen MR) is 194 cm³/mol. The Hall–Kier alpha value is -3.10. The van der Waals surface area contributed by atoms with Crippen LogP contribution in [0.15, 0.2) is 42.6 Å². The zero-order valence-corrected chi connectivity index (χ0v) is 33.2. The Kier molecular flexibility index (Phi) is 9.65. The minimum Gasteiger partial charge on any atom is -0.464 e. The van der Waals surface area contributed by atoms with Crippen LogP contribution in [0.2, 0.25) is 5.54 Å². The van der Waals surface area contributed by atoms with Gasteiger partial charge in [-0.25, -0.2) is 5.43 Å². The zero-order valence-electron chi connectivity index (χ0n) is 29.2. The van der Waals surface area contributed by atoms with E-state index in [1.807, 2.05) is 19.2 Å². The summed E-state index contributed by atoms with van der Waals surface area (Å²) in [4.78, 5) is 34.7. The Morgan fingerprint density at radius 3 is 2.79 bits per heavy atom. The van der Waals surface area contributed by atoms with Crippen LogP contribution in [-0.4, -0.2) is 96.9 Å². The second-order valence-electron chi connectivity index (χ2n) is 14.7. The van der Waals surface area contributed by atoms with Crippen LogP contribution in [0.3, 0.4) is 0 Å². The van der Waals surface area contributed by atoms with Crippen LogP contribution in [-0.2, 0) is 32.0 Å². The van der Waals surface area contributed by atoms with Gasteiger partial charge in [0.2, 0.25) is 5.91 Å². The summed E-state index contributed by atoms with van der Waals surface area (Å²) >= 11 is 0. The molecule has 1 saturated heterocycles. The summed E-state index contributed by atoms with van der Waals surface area (Å²) in [7, 11) is 3.03. The number of aromatic nitrogens is 2. The lowest BCUT2D eigenvalue weighted by Crippen LogP contribution is -2.65. The lowest BCUT2D eigenvalue weighted by molar-refractivity contribution is -0.157. The number of benzene rings is 1. The number of carbonyl (C=O) groups excluding carboxylic acids is 2. The first kappa shape index (κ1) is 33.8. The maximum absolute atomic E-state index is 13.8. The lowest BCUT2D eigenvalue weighted by Gasteiger charge is -2.41. The molecule has 252 valence electrons. The number of hydrogen-bond donors (Lipinski definition) is 1. The smallest absolute Gasteiger partial charge is 0.323 e. The molecule has 1 N–H and O–H groups in total. The first-order valence-corrected chi connectivity index (χ1v) is 19.4. The highest BCUT2D eigenvalue weighted by molar-refractivity contribution is 6.28. The minimum atomic E-state index is -0.809. The van der Waals surface area contributed by atoms with Gasteiger partial charge in [-0.15, -0.1) is 0 Å². The van der Waals surface area contributed by atoms with Gasteiger partial charge in [-0.1, -0.05) is 26.0 Å². The number of esters is 1. The van der Waals surface area contributed by atoms with Crippen molar-refractivity contribution in [3.05, 3.63) is 59.4 Å². The molecular weight excluding hydrogens is 623 g/mol. The Morgan fingerprint density at radius 1 is 1.21 bits per heavy atom. The molecule has 0 spiro atoms. The molecule has 47 heavy (non-hydrogen) atoms. The van der Waals surface area contributed by atoms with Crippen LogP contribution in [0.5, 0.6) is 0 Å². The number of nitrogens with zero attached hydrogens (tertiary/aromatic N) is 4. The number of aryl methyl sites for hydroxylation is 1. The largest absolute Gasteiger partial charge is 0.464 e. The third kappa shape index (κ3) is 6.65. The van der Waals surface area contributed by atoms with Gasteiger partial charge in [-0.05, 0) is 80.5 Å². The van der Waals surface area contributed by atoms with Crippen LogP contribution in [0.1, 0.15) is 69.9 Å². The number of ether oxygens (including phenoxy) is 2. The van der Waals surface area contributed by atoms with Crippen molar-refractivity contribution < 1.29 is 19.1 Å². The van der Waals surface area contributed by atoms with E-state index < -0.39 is 5.16 Å². The average molecular weight is 674 g/mol. The molecule has 1 unspecified atom stereocenters. The number of amides is 1. The molecule has 4 atom stereocenters. The van der Waals surface area contributed by atoms with Gasteiger partial charge < -0.3 is 14.0 Å². The summed E-state index contributed by atoms with van der Waals surface area (Å²) in [6, 6.07) is 11.1. The molecule has 0 radical (unpaired) electrons. The average Bonchev–Trinajstić information content (AvgIpc) is 3.37. The van der Waals surface area contributed by atoms with Crippen molar-refractivity contribution in [2.24, 2.45) is 5.41 Å². The quantitative estimate of drug-likeness (QED) is 0.337. The molecule has 11 heteroatoms. The van der Waals surface area contributed by atoms with E-state index in [2.05, 4.69) is 66.0 Å². The molecule has 1 aromatic carbocycles. The molecule has 0 aliphatic carbocycles. The van der Waals surface area contributed by atoms with E-state index in [0.29, 0.717) is 29.6 Å². The lowest BCUT2D eigenvalue weighted by atomic mass is 9.84. The van der Waals surface area contributed by atoms with Gasteiger partial charge in [0.05, 0.1) is 24.1 Å². The summed E-state index contributed by atoms with van der Waals surface area (Å²) in [6.07, 6.45) is 7.19. The van der Waals surface area contributed by atoms with Crippen molar-refractivity contribution in [3.63, 3.8) is 0 Å². The van der Waals surface area contributed by atoms with Gasteiger partial charge in [0.25, 0.3) is 0 Å². The highest BCUT2D eigenvalue weighted by atomic mass is 28.1. The molecule has 3 aliphatic heterocycles. The SMILES string of the molecule is CCn1c(-c2cccnc2[C@H](C)OC)c2c3cc(ccc31)C1=CCCN(C1)C[C@H]([SiH3])C(=O)N1CCC[C@@]([SiH3])(N1)C(=O)OCC(C)(C)C2. The zero-order chi connectivity index (χ0) is 33.5. The van der Waals surface area contributed by atoms with E-state index in [1.165, 1.54) is 27.6 Å². The monoisotopic (exact) mass is 673 g/mol. The van der Waals surface area contributed by atoms with Crippen LogP contribution in [0.4, 0.5) is 0 Å². The molecule has 5 heterocycles. The fourth-order valence-corrected chi connectivity index (χ4v) is 9.25. The molecule has 1 fully saturated rings. The topological polar surface area (TPSA) is 88.9 Å². The second kappa shape index (κ2) is 13.4. The highest BCUT2D eigenvalue weighted by Crippen LogP contribution is 2.41. The predicted octanol–water partition coefficient (Wildman–Crippen LogP) is 2.99. The first-order valence-electron chi connectivity index (χ1n) is 17.3. The van der Waals surface area contributed by atoms with Gasteiger partial charge in [0.1, 0.15) is 5.16 Å². The van der Waals surface area contributed by atoms with E-state index in [1.54, 1.807) is 12.1 Å².